The van der Waals surface area contributed by atoms with Crippen LogP contribution in [0.5, 0.6) is 5.75 Å². The van der Waals surface area contributed by atoms with Crippen LogP contribution in [-0.2, 0) is 38.2 Å². The summed E-state index contributed by atoms with van der Waals surface area (Å²) >= 11 is 0. The lowest BCUT2D eigenvalue weighted by Gasteiger charge is -2.62. The van der Waals surface area contributed by atoms with E-state index in [1.807, 2.05) is 0 Å². The summed E-state index contributed by atoms with van der Waals surface area (Å²) in [6.45, 7) is 8.55. The first-order valence-electron chi connectivity index (χ1n) is 24.9. The summed E-state index contributed by atoms with van der Waals surface area (Å²) in [6, 6.07) is -0.910. The number of aliphatic hydroxyl groups excluding tert-OH is 1. The van der Waals surface area contributed by atoms with Gasteiger partial charge in [-0.3, -0.25) is 24.0 Å². The molecule has 4 saturated carbocycles. The molecule has 1 aromatic heterocycles. The molecule has 2 heterocycles. The van der Waals surface area contributed by atoms with Crippen molar-refractivity contribution in [3.63, 3.8) is 0 Å². The number of pyridine rings is 1. The third-order valence-corrected chi connectivity index (χ3v) is 16.9. The number of halogens is 2. The van der Waals surface area contributed by atoms with Crippen LogP contribution in [0.3, 0.4) is 0 Å². The molecule has 2 amide bonds. The molecule has 4 N–H and O–H groups in total. The van der Waals surface area contributed by atoms with Crippen LogP contribution in [0.1, 0.15) is 109 Å². The van der Waals surface area contributed by atoms with E-state index in [1.54, 1.807) is 51.0 Å². The van der Waals surface area contributed by atoms with Crippen molar-refractivity contribution in [2.75, 3.05) is 45.0 Å². The van der Waals surface area contributed by atoms with E-state index < -0.39 is 143 Å². The minimum Gasteiger partial charge on any atom is -0.492 e. The van der Waals surface area contributed by atoms with Gasteiger partial charge in [-0.25, -0.2) is 23.2 Å². The summed E-state index contributed by atoms with van der Waals surface area (Å²) in [7, 11) is 1.33. The molecular formula is C52H64F2N4O15. The topological polar surface area (TPSA) is 258 Å². The fourth-order valence-electron chi connectivity index (χ4n) is 12.9. The number of esters is 2. The molecule has 2 aromatic rings. The summed E-state index contributed by atoms with van der Waals surface area (Å²) < 4.78 is 56.5. The van der Waals surface area contributed by atoms with Gasteiger partial charge in [-0.05, 0) is 88.3 Å². The van der Waals surface area contributed by atoms with Gasteiger partial charge in [0.1, 0.15) is 22.9 Å². The number of benzene rings is 1. The molecule has 19 nitrogen and oxygen atoms in total. The molecular weight excluding hydrogens is 959 g/mol. The molecule has 21 heteroatoms. The van der Waals surface area contributed by atoms with E-state index in [0.29, 0.717) is 18.4 Å². The number of ether oxygens (including phenoxy) is 4. The number of nitrogens with zero attached hydrogens (tertiary/aromatic N) is 3. The Hall–Kier alpha value is -6.22. The van der Waals surface area contributed by atoms with Crippen LogP contribution in [0.2, 0.25) is 0 Å². The molecule has 8 rings (SSSR count). The summed E-state index contributed by atoms with van der Waals surface area (Å²) in [5.74, 6) is -8.39. The first-order chi connectivity index (χ1) is 34.3. The number of piperazine rings is 1. The molecule has 1 aromatic carbocycles. The van der Waals surface area contributed by atoms with Crippen LogP contribution in [0.15, 0.2) is 40.9 Å². The SMILES string of the molecule is COc1c(N2CCN(C(=O)OCOC(=O)CCC(=O)N[C@@H](C(=O)OCC(=O)[C@]3(O)[C@@H](C)CC4C5CCC6=CC(=O)C=C[C@@]6(C)[C@]5(F)[C@H](O)C[C@]43C)C(C)C)C(C)C2)c(F)cc2c(=O)c(C(=O)O)cn(C3CC3)c12. The second-order valence-corrected chi connectivity index (χ2v) is 21.5. The number of ketones is 2. The molecule has 5 aliphatic carbocycles. The van der Waals surface area contributed by atoms with E-state index in [1.165, 1.54) is 36.4 Å². The first-order valence-corrected chi connectivity index (χ1v) is 24.9. The van der Waals surface area contributed by atoms with Crippen LogP contribution < -0.4 is 20.4 Å². The van der Waals surface area contributed by atoms with Crippen LogP contribution in [0.25, 0.3) is 10.9 Å². The third kappa shape index (κ3) is 8.86. The number of carbonyl (C=O) groups excluding carboxylic acids is 6. The number of carbonyl (C=O) groups is 7. The van der Waals surface area contributed by atoms with Gasteiger partial charge in [0, 0.05) is 61.1 Å². The summed E-state index contributed by atoms with van der Waals surface area (Å²) in [5.41, 5.74) is -7.23. The summed E-state index contributed by atoms with van der Waals surface area (Å²) in [4.78, 5) is 106. The van der Waals surface area contributed by atoms with Crippen LogP contribution in [0, 0.1) is 40.3 Å². The number of carboxylic acids is 1. The average Bonchev–Trinajstić information content (AvgIpc) is 4.16. The Balaban J connectivity index is 0.806. The first kappa shape index (κ1) is 53.1. The number of amides is 2. The zero-order valence-electron chi connectivity index (χ0n) is 42.0. The van der Waals surface area contributed by atoms with Crippen molar-refractivity contribution in [2.45, 2.75) is 128 Å². The molecule has 5 fully saturated rings. The van der Waals surface area contributed by atoms with Crippen molar-refractivity contribution in [3.8, 4) is 5.75 Å². The van der Waals surface area contributed by atoms with E-state index in [9.17, 15) is 53.7 Å². The van der Waals surface area contributed by atoms with Crippen molar-refractivity contribution in [1.82, 2.24) is 14.8 Å². The minimum atomic E-state index is -2.17. The van der Waals surface area contributed by atoms with E-state index in [0.717, 1.165) is 18.9 Å². The highest BCUT2D eigenvalue weighted by Crippen LogP contribution is 2.70. The molecule has 3 unspecified atom stereocenters. The van der Waals surface area contributed by atoms with Gasteiger partial charge in [0.05, 0.1) is 30.5 Å². The number of allylic oxidation sites excluding steroid dienone is 4. The molecule has 1 saturated heterocycles. The van der Waals surface area contributed by atoms with Gasteiger partial charge in [-0.1, -0.05) is 39.3 Å². The fourth-order valence-corrected chi connectivity index (χ4v) is 12.9. The van der Waals surface area contributed by atoms with Crippen molar-refractivity contribution < 1.29 is 76.6 Å². The summed E-state index contributed by atoms with van der Waals surface area (Å²) in [6.07, 6.45) is 4.38. The van der Waals surface area contributed by atoms with Gasteiger partial charge in [0.2, 0.25) is 23.9 Å². The number of aliphatic hydroxyl groups is 2. The maximum absolute atomic E-state index is 17.6. The Kier molecular flexibility index (Phi) is 14.2. The predicted molar refractivity (Wildman–Crippen MR) is 256 cm³/mol. The van der Waals surface area contributed by atoms with Gasteiger partial charge in [0.25, 0.3) is 0 Å². The molecule has 396 valence electrons. The highest BCUT2D eigenvalue weighted by molar-refractivity contribution is 6.01. The molecule has 73 heavy (non-hydrogen) atoms. The lowest BCUT2D eigenvalue weighted by Crippen LogP contribution is -2.69. The zero-order chi connectivity index (χ0) is 53.3. The molecule has 0 radical (unpaired) electrons. The van der Waals surface area contributed by atoms with Gasteiger partial charge in [0.15, 0.2) is 29.6 Å². The number of alkyl halides is 1. The maximum atomic E-state index is 17.6. The number of aromatic carboxylic acids is 1. The van der Waals surface area contributed by atoms with Gasteiger partial charge < -0.3 is 54.0 Å². The van der Waals surface area contributed by atoms with Gasteiger partial charge in [-0.2, -0.15) is 0 Å². The minimum absolute atomic E-state index is 0.0427. The Labute approximate surface area is 419 Å². The van der Waals surface area contributed by atoms with Crippen molar-refractivity contribution in [1.29, 1.82) is 0 Å². The maximum Gasteiger partial charge on any atom is 0.413 e. The highest BCUT2D eigenvalue weighted by Gasteiger charge is 2.75. The molecule has 0 bridgehead atoms. The van der Waals surface area contributed by atoms with E-state index >= 15 is 8.78 Å². The predicted octanol–water partition coefficient (Wildman–Crippen LogP) is 4.71. The number of anilines is 1. The highest BCUT2D eigenvalue weighted by atomic mass is 19.1. The van der Waals surface area contributed by atoms with Crippen LogP contribution >= 0.6 is 0 Å². The normalized spacial score (nSPS) is 30.9. The van der Waals surface area contributed by atoms with Crippen LogP contribution in [0.4, 0.5) is 19.3 Å². The number of carboxylic acid groups (broad SMARTS) is 1. The van der Waals surface area contributed by atoms with Gasteiger partial charge in [-0.15, -0.1) is 0 Å². The second-order valence-electron chi connectivity index (χ2n) is 21.5. The standard InChI is InChI=1S/C52H64F2N4O15/c1-26(2)41(47(67)71-24-38(61)52(69)27(3)18-35-34-11-8-29-19-31(59)14-15-49(29,5)51(34,54)37(60)21-50(35,52)6)55-39(62)12-13-40(63)72-25-73-48(68)57-17-16-56(22-28(57)4)43-36(53)20-32-42(45(43)70-7)58(30-9-10-30)23-33(44(32)64)46(65)66/h14-15,19-20,23,26-28,30,34-35,37,41,60,69H,8-13,16-18,21-22,24-25H2,1-7H3,(H,55,62)(H,65,66)/t27-,28?,34?,35?,37+,41+,49+,50+,51+,52+/m0/s1. The molecule has 1 aliphatic heterocycles. The number of Topliss-reactive ketones (excluding diaryl/α,β-unsaturated/α-hetero) is 1. The van der Waals surface area contributed by atoms with Crippen molar-refractivity contribution in [3.05, 3.63) is 57.7 Å². The number of hydrogen-bond acceptors (Lipinski definition) is 15. The van der Waals surface area contributed by atoms with E-state index in [4.69, 9.17) is 18.9 Å². The van der Waals surface area contributed by atoms with Crippen molar-refractivity contribution >= 4 is 58.1 Å². The lowest BCUT2D eigenvalue weighted by atomic mass is 9.44. The van der Waals surface area contributed by atoms with Crippen molar-refractivity contribution in [2.24, 2.45) is 34.5 Å². The van der Waals surface area contributed by atoms with E-state index in [2.05, 4.69) is 5.32 Å². The number of methoxy groups -OCH3 is 1. The number of aromatic nitrogens is 1. The lowest BCUT2D eigenvalue weighted by molar-refractivity contribution is -0.220. The average molecular weight is 1020 g/mol. The monoisotopic (exact) mass is 1020 g/mol. The van der Waals surface area contributed by atoms with Crippen LogP contribution in [-0.4, -0.2) is 136 Å². The largest absolute Gasteiger partial charge is 0.492 e. The van der Waals surface area contributed by atoms with E-state index in [-0.39, 0.29) is 66.6 Å². The number of hydrogen-bond donors (Lipinski definition) is 4. The zero-order valence-corrected chi connectivity index (χ0v) is 42.0. The Morgan fingerprint density at radius 1 is 0.986 bits per heavy atom. The Morgan fingerprint density at radius 2 is 1.70 bits per heavy atom. The number of fused-ring (bicyclic) bond motifs is 6. The Bertz CT molecular complexity index is 2770. The third-order valence-electron chi connectivity index (χ3n) is 16.9. The number of nitrogens with one attached hydrogen (secondary N) is 1. The summed E-state index contributed by atoms with van der Waals surface area (Å²) in [5, 5.41) is 36.0. The smallest absolute Gasteiger partial charge is 0.413 e. The second kappa shape index (κ2) is 19.6. The number of rotatable bonds is 15. The quantitative estimate of drug-likeness (QED) is 0.139. The fraction of sp³-hybridized carbons (Fsp3) is 0.615. The van der Waals surface area contributed by atoms with Gasteiger partial charge >= 0.3 is 24.0 Å². The molecule has 6 aliphatic rings. The molecule has 10 atom stereocenters. The Morgan fingerprint density at radius 3 is 2.34 bits per heavy atom. The molecule has 0 spiro atoms.